The van der Waals surface area contributed by atoms with Crippen LogP contribution in [0.1, 0.15) is 5.56 Å². The van der Waals surface area contributed by atoms with Crippen molar-refractivity contribution < 1.29 is 30.8 Å². The number of ether oxygens (including phenoxy) is 2. The van der Waals surface area contributed by atoms with Gasteiger partial charge in [0.2, 0.25) is 0 Å². The van der Waals surface area contributed by atoms with E-state index in [-0.39, 0.29) is 11.5 Å². The Balaban J connectivity index is 3.08. The lowest BCUT2D eigenvalue weighted by Crippen LogP contribution is -2.03. The zero-order valence-electron chi connectivity index (χ0n) is 10.1. The molecule has 0 aliphatic rings. The van der Waals surface area contributed by atoms with E-state index in [0.717, 1.165) is 6.08 Å². The molecule has 0 saturated heterocycles. The van der Waals surface area contributed by atoms with Gasteiger partial charge < -0.3 is 13.7 Å². The number of hydrogen-bond acceptors (Lipinski definition) is 6. The molecule has 0 fully saturated rings. The van der Waals surface area contributed by atoms with E-state index in [9.17, 15) is 17.1 Å². The van der Waals surface area contributed by atoms with E-state index in [4.69, 9.17) is 4.74 Å². The quantitative estimate of drug-likeness (QED) is 0.464. The normalized spacial score (nSPS) is 11.3. The summed E-state index contributed by atoms with van der Waals surface area (Å²) in [6, 6.07) is 4.10. The molecule has 0 heterocycles. The summed E-state index contributed by atoms with van der Waals surface area (Å²) >= 11 is 0. The van der Waals surface area contributed by atoms with Crippen molar-refractivity contribution in [3.8, 4) is 11.5 Å². The van der Waals surface area contributed by atoms with Crippen LogP contribution in [0.5, 0.6) is 11.5 Å². The molecule has 104 valence electrons. The van der Waals surface area contributed by atoms with Crippen LogP contribution in [0.3, 0.4) is 0 Å². The molecule has 1 rings (SSSR count). The van der Waals surface area contributed by atoms with Crippen molar-refractivity contribution in [1.29, 1.82) is 0 Å². The zero-order chi connectivity index (χ0) is 14.5. The SMILES string of the molecule is COC(=O)C=Cc1ccc(OC)c(OS(=O)(=O)F)c1. The largest absolute Gasteiger partial charge is 0.493 e. The minimum absolute atomic E-state index is 0.0384. The third-order valence-electron chi connectivity index (χ3n) is 1.99. The highest BCUT2D eigenvalue weighted by Gasteiger charge is 2.14. The molecule has 0 amide bonds. The molecule has 1 aromatic rings. The van der Waals surface area contributed by atoms with E-state index < -0.39 is 16.5 Å². The van der Waals surface area contributed by atoms with Crippen LogP contribution in [-0.2, 0) is 20.0 Å². The van der Waals surface area contributed by atoms with Gasteiger partial charge in [-0.15, -0.1) is 0 Å². The summed E-state index contributed by atoms with van der Waals surface area (Å²) in [7, 11) is -2.67. The van der Waals surface area contributed by atoms with Gasteiger partial charge in [0.25, 0.3) is 0 Å². The predicted molar refractivity (Wildman–Crippen MR) is 64.7 cm³/mol. The van der Waals surface area contributed by atoms with Crippen LogP contribution in [0.2, 0.25) is 0 Å². The van der Waals surface area contributed by atoms with Crippen molar-refractivity contribution in [3.05, 3.63) is 29.8 Å². The highest BCUT2D eigenvalue weighted by Crippen LogP contribution is 2.30. The first kappa shape index (κ1) is 15.0. The summed E-state index contributed by atoms with van der Waals surface area (Å²) in [6.07, 6.45) is 2.47. The summed E-state index contributed by atoms with van der Waals surface area (Å²) in [6.45, 7) is 0. The van der Waals surface area contributed by atoms with Crippen molar-refractivity contribution in [2.75, 3.05) is 14.2 Å². The van der Waals surface area contributed by atoms with E-state index in [0.29, 0.717) is 5.56 Å². The Morgan fingerprint density at radius 2 is 1.95 bits per heavy atom. The lowest BCUT2D eigenvalue weighted by atomic mass is 10.2. The number of carbonyl (C=O) groups excluding carboxylic acids is 1. The molecule has 0 aliphatic carbocycles. The standard InChI is InChI=1S/C11H11FO6S/c1-16-9-5-3-8(4-6-11(13)17-2)7-10(9)18-19(12,14)15/h3-7H,1-2H3. The maximum Gasteiger partial charge on any atom is 0.488 e. The van der Waals surface area contributed by atoms with Gasteiger partial charge in [0.15, 0.2) is 11.5 Å². The summed E-state index contributed by atoms with van der Waals surface area (Å²) in [4.78, 5) is 10.9. The molecule has 0 unspecified atom stereocenters. The molecule has 0 spiro atoms. The molecule has 1 aromatic carbocycles. The van der Waals surface area contributed by atoms with Crippen LogP contribution < -0.4 is 8.92 Å². The number of halogens is 1. The molecule has 0 atom stereocenters. The van der Waals surface area contributed by atoms with Gasteiger partial charge >= 0.3 is 16.5 Å². The Morgan fingerprint density at radius 1 is 1.26 bits per heavy atom. The monoisotopic (exact) mass is 290 g/mol. The van der Waals surface area contributed by atoms with Gasteiger partial charge in [-0.25, -0.2) is 4.79 Å². The predicted octanol–water partition coefficient (Wildman–Crippen LogP) is 1.47. The van der Waals surface area contributed by atoms with Gasteiger partial charge in [0.1, 0.15) is 0 Å². The van der Waals surface area contributed by atoms with Crippen molar-refractivity contribution in [3.63, 3.8) is 0 Å². The minimum Gasteiger partial charge on any atom is -0.493 e. The summed E-state index contributed by atoms with van der Waals surface area (Å²) in [5.74, 6) is -0.871. The molecule has 6 nitrogen and oxygen atoms in total. The van der Waals surface area contributed by atoms with E-state index in [1.165, 1.54) is 38.5 Å². The van der Waals surface area contributed by atoms with Crippen LogP contribution in [0, 0.1) is 0 Å². The molecule has 0 aromatic heterocycles. The van der Waals surface area contributed by atoms with Crippen molar-refractivity contribution >= 4 is 22.5 Å². The average Bonchev–Trinajstić information content (AvgIpc) is 2.34. The highest BCUT2D eigenvalue weighted by atomic mass is 32.3. The van der Waals surface area contributed by atoms with Crippen LogP contribution in [0.4, 0.5) is 3.89 Å². The fourth-order valence-electron chi connectivity index (χ4n) is 1.20. The van der Waals surface area contributed by atoms with Crippen LogP contribution in [0.15, 0.2) is 24.3 Å². The van der Waals surface area contributed by atoms with Crippen LogP contribution in [0.25, 0.3) is 6.08 Å². The number of carbonyl (C=O) groups is 1. The van der Waals surface area contributed by atoms with Gasteiger partial charge in [-0.2, -0.15) is 8.42 Å². The summed E-state index contributed by atoms with van der Waals surface area (Å²) in [5.41, 5.74) is 0.407. The topological polar surface area (TPSA) is 78.9 Å². The molecule has 0 N–H and O–H groups in total. The summed E-state index contributed by atoms with van der Waals surface area (Å²) in [5, 5.41) is 0. The number of hydrogen-bond donors (Lipinski definition) is 0. The van der Waals surface area contributed by atoms with E-state index >= 15 is 0 Å². The molecule has 0 radical (unpaired) electrons. The Labute approximate surface area is 109 Å². The molecule has 8 heteroatoms. The Kier molecular flexibility index (Phi) is 4.87. The van der Waals surface area contributed by atoms with E-state index in [1.807, 2.05) is 0 Å². The Morgan fingerprint density at radius 3 is 2.47 bits per heavy atom. The first-order chi connectivity index (χ1) is 8.85. The molecule has 0 aliphatic heterocycles. The Hall–Kier alpha value is -2.09. The van der Waals surface area contributed by atoms with Crippen LogP contribution >= 0.6 is 0 Å². The van der Waals surface area contributed by atoms with Gasteiger partial charge in [-0.3, -0.25) is 0 Å². The molecule has 0 bridgehead atoms. The number of esters is 1. The van der Waals surface area contributed by atoms with Gasteiger partial charge in [-0.05, 0) is 23.8 Å². The second kappa shape index (κ2) is 6.19. The first-order valence-electron chi connectivity index (χ1n) is 4.94. The van der Waals surface area contributed by atoms with Crippen LogP contribution in [-0.4, -0.2) is 28.6 Å². The first-order valence-corrected chi connectivity index (χ1v) is 6.24. The molecular weight excluding hydrogens is 279 g/mol. The van der Waals surface area contributed by atoms with E-state index in [1.54, 1.807) is 0 Å². The molecule has 0 saturated carbocycles. The maximum atomic E-state index is 12.5. The third-order valence-corrected chi connectivity index (χ3v) is 2.37. The average molecular weight is 290 g/mol. The molecular formula is C11H11FO6S. The number of rotatable bonds is 5. The maximum absolute atomic E-state index is 12.5. The van der Waals surface area contributed by atoms with Gasteiger partial charge in [0.05, 0.1) is 14.2 Å². The van der Waals surface area contributed by atoms with Crippen molar-refractivity contribution in [1.82, 2.24) is 0 Å². The fourth-order valence-corrected chi connectivity index (χ4v) is 1.55. The third kappa shape index (κ3) is 4.96. The highest BCUT2D eigenvalue weighted by molar-refractivity contribution is 7.81. The smallest absolute Gasteiger partial charge is 0.488 e. The lowest BCUT2D eigenvalue weighted by Gasteiger charge is -2.07. The van der Waals surface area contributed by atoms with Gasteiger partial charge in [-0.1, -0.05) is 9.95 Å². The van der Waals surface area contributed by atoms with Crippen molar-refractivity contribution in [2.45, 2.75) is 0 Å². The number of benzene rings is 1. The zero-order valence-corrected chi connectivity index (χ0v) is 10.9. The summed E-state index contributed by atoms with van der Waals surface area (Å²) < 4.78 is 46.7. The van der Waals surface area contributed by atoms with E-state index in [2.05, 4.69) is 8.92 Å². The Bertz CT molecular complexity index is 593. The minimum atomic E-state index is -5.16. The lowest BCUT2D eigenvalue weighted by molar-refractivity contribution is -0.134. The second-order valence-electron chi connectivity index (χ2n) is 3.24. The van der Waals surface area contributed by atoms with Crippen molar-refractivity contribution in [2.24, 2.45) is 0 Å². The fraction of sp³-hybridized carbons (Fsp3) is 0.182. The second-order valence-corrected chi connectivity index (χ2v) is 4.20. The number of methoxy groups -OCH3 is 2. The molecule has 19 heavy (non-hydrogen) atoms. The van der Waals surface area contributed by atoms with Gasteiger partial charge in [0, 0.05) is 6.08 Å².